The summed E-state index contributed by atoms with van der Waals surface area (Å²) in [6.45, 7) is 7.79. The van der Waals surface area contributed by atoms with E-state index in [1.807, 2.05) is 29.5 Å². The van der Waals surface area contributed by atoms with Gasteiger partial charge in [0.1, 0.15) is 5.76 Å². The van der Waals surface area contributed by atoms with E-state index < -0.39 is 0 Å². The van der Waals surface area contributed by atoms with Crippen LogP contribution < -0.4 is 0 Å². The summed E-state index contributed by atoms with van der Waals surface area (Å²) in [6.07, 6.45) is 5.80. The molecule has 0 fully saturated rings. The zero-order valence-corrected chi connectivity index (χ0v) is 15.2. The molecule has 0 saturated heterocycles. The molecule has 1 amide bonds. The Hall–Kier alpha value is -2.96. The quantitative estimate of drug-likeness (QED) is 0.725. The Bertz CT molecular complexity index is 972. The number of rotatable bonds is 3. The van der Waals surface area contributed by atoms with Crippen molar-refractivity contribution in [3.63, 3.8) is 0 Å². The number of pyridine rings is 1. The molecule has 7 heteroatoms. The van der Waals surface area contributed by atoms with E-state index in [-0.39, 0.29) is 5.91 Å². The van der Waals surface area contributed by atoms with Gasteiger partial charge in [0.25, 0.3) is 5.91 Å². The molecule has 1 aliphatic heterocycles. The summed E-state index contributed by atoms with van der Waals surface area (Å²) in [6, 6.07) is 1.86. The number of hydrogen-bond acceptors (Lipinski definition) is 5. The molecular formula is C19H21N5O2. The monoisotopic (exact) mass is 351 g/mol. The van der Waals surface area contributed by atoms with Crippen molar-refractivity contribution in [2.45, 2.75) is 40.3 Å². The molecule has 0 N–H and O–H groups in total. The SMILES string of the molecule is CCn1nc(-c2ncc(C)o2)c2c1CCN(C(=O)c1cnccc1C)C2. The van der Waals surface area contributed by atoms with Crippen LogP contribution in [0.4, 0.5) is 0 Å². The van der Waals surface area contributed by atoms with E-state index in [0.717, 1.165) is 41.2 Å². The van der Waals surface area contributed by atoms with E-state index in [2.05, 4.69) is 22.0 Å². The van der Waals surface area contributed by atoms with Gasteiger partial charge in [-0.25, -0.2) is 4.98 Å². The molecule has 1 aliphatic rings. The van der Waals surface area contributed by atoms with Crippen LogP contribution in [0.25, 0.3) is 11.6 Å². The molecule has 134 valence electrons. The smallest absolute Gasteiger partial charge is 0.256 e. The summed E-state index contributed by atoms with van der Waals surface area (Å²) in [7, 11) is 0. The Morgan fingerprint density at radius 3 is 2.85 bits per heavy atom. The van der Waals surface area contributed by atoms with Gasteiger partial charge in [0.2, 0.25) is 5.89 Å². The molecular weight excluding hydrogens is 330 g/mol. The minimum Gasteiger partial charge on any atom is -0.440 e. The van der Waals surface area contributed by atoms with Crippen LogP contribution in [0.1, 0.15) is 39.9 Å². The number of carbonyl (C=O) groups is 1. The number of amides is 1. The van der Waals surface area contributed by atoms with E-state index in [4.69, 9.17) is 4.42 Å². The van der Waals surface area contributed by atoms with E-state index in [9.17, 15) is 4.79 Å². The van der Waals surface area contributed by atoms with E-state index in [1.165, 1.54) is 0 Å². The van der Waals surface area contributed by atoms with Crippen molar-refractivity contribution >= 4 is 5.91 Å². The van der Waals surface area contributed by atoms with Gasteiger partial charge in [-0.1, -0.05) is 0 Å². The molecule has 0 bridgehead atoms. The van der Waals surface area contributed by atoms with E-state index in [1.54, 1.807) is 18.6 Å². The second kappa shape index (κ2) is 6.40. The summed E-state index contributed by atoms with van der Waals surface area (Å²) in [5, 5.41) is 4.69. The zero-order valence-electron chi connectivity index (χ0n) is 15.2. The molecule has 0 aromatic carbocycles. The highest BCUT2D eigenvalue weighted by Gasteiger charge is 2.30. The van der Waals surface area contributed by atoms with Crippen molar-refractivity contribution in [3.05, 3.63) is 52.8 Å². The second-order valence-electron chi connectivity index (χ2n) is 6.53. The first kappa shape index (κ1) is 16.5. The second-order valence-corrected chi connectivity index (χ2v) is 6.53. The predicted octanol–water partition coefficient (Wildman–Crippen LogP) is 2.77. The van der Waals surface area contributed by atoms with Crippen molar-refractivity contribution < 1.29 is 9.21 Å². The Kier molecular flexibility index (Phi) is 4.06. The molecule has 0 spiro atoms. The van der Waals surface area contributed by atoms with Gasteiger partial charge in [-0.2, -0.15) is 5.10 Å². The Morgan fingerprint density at radius 2 is 2.15 bits per heavy atom. The zero-order chi connectivity index (χ0) is 18.3. The maximum absolute atomic E-state index is 13.0. The van der Waals surface area contributed by atoms with Crippen LogP contribution in [0.2, 0.25) is 0 Å². The number of aromatic nitrogens is 4. The van der Waals surface area contributed by atoms with Crippen LogP contribution >= 0.6 is 0 Å². The van der Waals surface area contributed by atoms with Crippen molar-refractivity contribution in [3.8, 4) is 11.6 Å². The first-order chi connectivity index (χ1) is 12.6. The number of nitrogens with zero attached hydrogens (tertiary/aromatic N) is 5. The summed E-state index contributed by atoms with van der Waals surface area (Å²) in [5.41, 5.74) is 4.49. The van der Waals surface area contributed by atoms with Gasteiger partial charge in [-0.3, -0.25) is 14.5 Å². The lowest BCUT2D eigenvalue weighted by molar-refractivity contribution is 0.0732. The lowest BCUT2D eigenvalue weighted by atomic mass is 10.0. The number of hydrogen-bond donors (Lipinski definition) is 0. The Labute approximate surface area is 151 Å². The van der Waals surface area contributed by atoms with Crippen LogP contribution in [0, 0.1) is 13.8 Å². The van der Waals surface area contributed by atoms with E-state index >= 15 is 0 Å². The highest BCUT2D eigenvalue weighted by atomic mass is 16.4. The van der Waals surface area contributed by atoms with E-state index in [0.29, 0.717) is 24.5 Å². The largest absolute Gasteiger partial charge is 0.440 e. The third-order valence-electron chi connectivity index (χ3n) is 4.81. The Morgan fingerprint density at radius 1 is 1.31 bits per heavy atom. The fourth-order valence-electron chi connectivity index (χ4n) is 3.42. The third-order valence-corrected chi connectivity index (χ3v) is 4.81. The molecule has 4 rings (SSSR count). The molecule has 0 radical (unpaired) electrons. The van der Waals surface area contributed by atoms with Gasteiger partial charge in [0, 0.05) is 43.2 Å². The number of fused-ring (bicyclic) bond motifs is 1. The van der Waals surface area contributed by atoms with Crippen molar-refractivity contribution in [2.75, 3.05) is 6.54 Å². The molecule has 4 heterocycles. The minimum atomic E-state index is 0.0000307. The molecule has 0 aliphatic carbocycles. The van der Waals surface area contributed by atoms with Gasteiger partial charge in [0.15, 0.2) is 5.69 Å². The summed E-state index contributed by atoms with van der Waals surface area (Å²) in [5.74, 6) is 1.26. The van der Waals surface area contributed by atoms with Gasteiger partial charge >= 0.3 is 0 Å². The molecule has 0 saturated carbocycles. The van der Waals surface area contributed by atoms with Crippen molar-refractivity contribution in [1.82, 2.24) is 24.6 Å². The Balaban J connectivity index is 1.71. The maximum atomic E-state index is 13.0. The van der Waals surface area contributed by atoms with Crippen LogP contribution in [-0.2, 0) is 19.5 Å². The summed E-state index contributed by atoms with van der Waals surface area (Å²) < 4.78 is 7.68. The molecule has 0 unspecified atom stereocenters. The van der Waals surface area contributed by atoms with Crippen LogP contribution in [0.3, 0.4) is 0 Å². The summed E-state index contributed by atoms with van der Waals surface area (Å²) >= 11 is 0. The van der Waals surface area contributed by atoms with Gasteiger partial charge in [-0.15, -0.1) is 0 Å². The average Bonchev–Trinajstić information content (AvgIpc) is 3.24. The normalized spacial score (nSPS) is 13.7. The lowest BCUT2D eigenvalue weighted by Crippen LogP contribution is -2.36. The molecule has 26 heavy (non-hydrogen) atoms. The highest BCUT2D eigenvalue weighted by molar-refractivity contribution is 5.95. The van der Waals surface area contributed by atoms with Gasteiger partial charge < -0.3 is 9.32 Å². The third kappa shape index (κ3) is 2.69. The predicted molar refractivity (Wildman–Crippen MR) is 95.6 cm³/mol. The topological polar surface area (TPSA) is 77.0 Å². The lowest BCUT2D eigenvalue weighted by Gasteiger charge is -2.28. The molecule has 3 aromatic rings. The van der Waals surface area contributed by atoms with Crippen molar-refractivity contribution in [2.24, 2.45) is 0 Å². The van der Waals surface area contributed by atoms with Gasteiger partial charge in [0.05, 0.1) is 18.3 Å². The molecule has 0 atom stereocenters. The van der Waals surface area contributed by atoms with Crippen molar-refractivity contribution in [1.29, 1.82) is 0 Å². The van der Waals surface area contributed by atoms with Crippen LogP contribution in [0.5, 0.6) is 0 Å². The number of aryl methyl sites for hydroxylation is 3. The standard InChI is InChI=1S/C19H21N5O2/c1-4-24-16-6-8-23(19(25)14-10-20-7-5-12(14)2)11-15(16)17(22-24)18-21-9-13(3)26-18/h5,7,9-10H,4,6,8,11H2,1-3H3. The fourth-order valence-corrected chi connectivity index (χ4v) is 3.42. The molecule has 7 nitrogen and oxygen atoms in total. The van der Waals surface area contributed by atoms with Crippen LogP contribution in [0.15, 0.2) is 29.1 Å². The maximum Gasteiger partial charge on any atom is 0.256 e. The minimum absolute atomic E-state index is 0.0000307. The van der Waals surface area contributed by atoms with Crippen LogP contribution in [-0.4, -0.2) is 37.1 Å². The molecule has 3 aromatic heterocycles. The number of oxazole rings is 1. The van der Waals surface area contributed by atoms with Gasteiger partial charge in [-0.05, 0) is 32.4 Å². The average molecular weight is 351 g/mol. The summed E-state index contributed by atoms with van der Waals surface area (Å²) in [4.78, 5) is 23.3. The first-order valence-corrected chi connectivity index (χ1v) is 8.79. The first-order valence-electron chi connectivity index (χ1n) is 8.79. The fraction of sp³-hybridized carbons (Fsp3) is 0.368. The number of carbonyl (C=O) groups excluding carboxylic acids is 1. The highest BCUT2D eigenvalue weighted by Crippen LogP contribution is 2.30.